The molecule has 3 aromatic rings. The highest BCUT2D eigenvalue weighted by Gasteiger charge is 2.54. The van der Waals surface area contributed by atoms with Crippen molar-refractivity contribution >= 4 is 46.3 Å². The summed E-state index contributed by atoms with van der Waals surface area (Å²) >= 11 is 1.42. The summed E-state index contributed by atoms with van der Waals surface area (Å²) in [7, 11) is 0. The maximum absolute atomic E-state index is 13.8. The number of hydrogen-bond acceptors (Lipinski definition) is 8. The highest BCUT2D eigenvalue weighted by Crippen LogP contribution is 2.46. The highest BCUT2D eigenvalue weighted by molar-refractivity contribution is 8.00. The molecule has 1 fully saturated rings. The van der Waals surface area contributed by atoms with E-state index in [4.69, 9.17) is 14.2 Å². The number of β-lactam (4-membered cyclic amide) rings is 1. The number of H-pyrrole nitrogens is 1. The summed E-state index contributed by atoms with van der Waals surface area (Å²) < 4.78 is 30.4. The molecule has 11 heteroatoms. The minimum absolute atomic E-state index is 0.0200. The zero-order valence-electron chi connectivity index (χ0n) is 25.0. The number of esters is 2. The molecule has 44 heavy (non-hydrogen) atoms. The minimum Gasteiger partial charge on any atom is -0.486 e. The van der Waals surface area contributed by atoms with Crippen LogP contribution < -0.4 is 4.74 Å². The quantitative estimate of drug-likeness (QED) is 0.273. The minimum atomic E-state index is -0.786. The fraction of sp³-hybridized carbons (Fsp3) is 0.394. The Morgan fingerprint density at radius 1 is 1.11 bits per heavy atom. The molecule has 1 saturated heterocycles. The highest BCUT2D eigenvalue weighted by atomic mass is 32.2. The van der Waals surface area contributed by atoms with E-state index in [2.05, 4.69) is 4.98 Å². The summed E-state index contributed by atoms with van der Waals surface area (Å²) in [6.07, 6.45) is 1.50. The normalized spacial score (nSPS) is 19.1. The molecule has 1 N–H and O–H groups in total. The smallest absolute Gasteiger partial charge is 0.355 e. The zero-order chi connectivity index (χ0) is 31.3. The Morgan fingerprint density at radius 3 is 2.66 bits per heavy atom. The molecule has 2 unspecified atom stereocenters. The number of ketones is 1. The predicted molar refractivity (Wildman–Crippen MR) is 162 cm³/mol. The number of Topliss-reactive ketones (excluding diaryl/α,β-unsaturated/α-hetero) is 1. The molecular formula is C33H33FN2O7S. The van der Waals surface area contributed by atoms with Gasteiger partial charge in [0.2, 0.25) is 5.91 Å². The van der Waals surface area contributed by atoms with Crippen molar-refractivity contribution in [1.82, 2.24) is 9.88 Å². The summed E-state index contributed by atoms with van der Waals surface area (Å²) in [5, 5.41) is 0.490. The molecule has 3 heterocycles. The van der Waals surface area contributed by atoms with Gasteiger partial charge in [0.1, 0.15) is 36.1 Å². The van der Waals surface area contributed by atoms with Crippen molar-refractivity contribution in [2.45, 2.75) is 57.9 Å². The lowest BCUT2D eigenvalue weighted by molar-refractivity contribution is -0.161. The largest absolute Gasteiger partial charge is 0.486 e. The van der Waals surface area contributed by atoms with Gasteiger partial charge in [-0.05, 0) is 81.1 Å². The van der Waals surface area contributed by atoms with Crippen LogP contribution in [-0.2, 0) is 41.5 Å². The van der Waals surface area contributed by atoms with Gasteiger partial charge in [-0.1, -0.05) is 0 Å². The maximum atomic E-state index is 13.8. The first kappa shape index (κ1) is 29.9. The molecule has 1 amide bonds. The Hall–Kier alpha value is -4.12. The van der Waals surface area contributed by atoms with Crippen LogP contribution >= 0.6 is 11.8 Å². The Morgan fingerprint density at radius 2 is 1.91 bits per heavy atom. The molecule has 1 aromatic heterocycles. The van der Waals surface area contributed by atoms with Crippen LogP contribution in [0.25, 0.3) is 22.2 Å². The topological polar surface area (TPSA) is 115 Å². The molecule has 2 aliphatic heterocycles. The second-order valence-electron chi connectivity index (χ2n) is 12.3. The van der Waals surface area contributed by atoms with Crippen molar-refractivity contribution in [3.63, 3.8) is 0 Å². The zero-order valence-corrected chi connectivity index (χ0v) is 25.8. The van der Waals surface area contributed by atoms with Gasteiger partial charge in [-0.3, -0.25) is 19.3 Å². The average Bonchev–Trinajstić information content (AvgIpc) is 3.34. The second-order valence-corrected chi connectivity index (χ2v) is 13.4. The number of fused-ring (bicyclic) bond motifs is 6. The van der Waals surface area contributed by atoms with E-state index in [9.17, 15) is 23.6 Å². The van der Waals surface area contributed by atoms with Crippen LogP contribution in [0.3, 0.4) is 0 Å². The van der Waals surface area contributed by atoms with Gasteiger partial charge in [-0.2, -0.15) is 0 Å². The van der Waals surface area contributed by atoms with E-state index in [0.29, 0.717) is 17.1 Å². The number of aromatic nitrogens is 1. The molecule has 2 atom stereocenters. The van der Waals surface area contributed by atoms with Crippen molar-refractivity contribution in [1.29, 1.82) is 0 Å². The van der Waals surface area contributed by atoms with Crippen LogP contribution in [0, 0.1) is 11.7 Å². The van der Waals surface area contributed by atoms with E-state index in [0.717, 1.165) is 46.1 Å². The van der Waals surface area contributed by atoms with Gasteiger partial charge < -0.3 is 19.2 Å². The number of thioether (sulfide) groups is 1. The molecule has 0 saturated carbocycles. The molecule has 9 nitrogen and oxygen atoms in total. The molecule has 1 aliphatic carbocycles. The van der Waals surface area contributed by atoms with E-state index >= 15 is 0 Å². The van der Waals surface area contributed by atoms with Gasteiger partial charge in [-0.25, -0.2) is 9.18 Å². The number of nitrogens with one attached hydrogen (secondary N) is 1. The first-order valence-corrected chi connectivity index (χ1v) is 15.6. The number of aromatic amines is 1. The van der Waals surface area contributed by atoms with Crippen molar-refractivity contribution in [2.24, 2.45) is 5.92 Å². The Bertz CT molecular complexity index is 1740. The molecule has 6 rings (SSSR count). The fourth-order valence-corrected chi connectivity index (χ4v) is 7.38. The molecule has 2 aromatic carbocycles. The van der Waals surface area contributed by atoms with Gasteiger partial charge in [-0.15, -0.1) is 11.8 Å². The van der Waals surface area contributed by atoms with Gasteiger partial charge in [0.15, 0.2) is 5.78 Å². The number of benzene rings is 2. The Kier molecular flexibility index (Phi) is 7.77. The number of nitrogens with zero attached hydrogens (tertiary/aromatic N) is 1. The van der Waals surface area contributed by atoms with Gasteiger partial charge in [0, 0.05) is 46.8 Å². The monoisotopic (exact) mass is 620 g/mol. The lowest BCUT2D eigenvalue weighted by Gasteiger charge is -2.50. The number of halogens is 1. The van der Waals surface area contributed by atoms with Crippen molar-refractivity contribution in [3.05, 3.63) is 64.6 Å². The third kappa shape index (κ3) is 5.72. The summed E-state index contributed by atoms with van der Waals surface area (Å²) in [5.74, 6) is -1.68. The number of hydrogen-bond donors (Lipinski definition) is 1. The summed E-state index contributed by atoms with van der Waals surface area (Å²) in [6, 6.07) is 10.4. The van der Waals surface area contributed by atoms with Crippen LogP contribution in [0.2, 0.25) is 0 Å². The number of carbonyl (C=O) groups excluding carboxylic acids is 4. The third-order valence-corrected chi connectivity index (χ3v) is 9.30. The Labute approximate surface area is 258 Å². The molecule has 3 aliphatic rings. The summed E-state index contributed by atoms with van der Waals surface area (Å²) in [5.41, 5.74) is 4.86. The van der Waals surface area contributed by atoms with E-state index < -0.39 is 28.8 Å². The van der Waals surface area contributed by atoms with Crippen molar-refractivity contribution in [3.8, 4) is 17.0 Å². The van der Waals surface area contributed by atoms with Crippen LogP contribution in [0.5, 0.6) is 5.75 Å². The van der Waals surface area contributed by atoms with E-state index in [1.165, 1.54) is 29.7 Å². The van der Waals surface area contributed by atoms with E-state index in [1.54, 1.807) is 32.9 Å². The summed E-state index contributed by atoms with van der Waals surface area (Å²) in [4.78, 5) is 55.5. The van der Waals surface area contributed by atoms with Crippen LogP contribution in [0.1, 0.15) is 45.2 Å². The van der Waals surface area contributed by atoms with E-state index in [-0.39, 0.29) is 42.8 Å². The first-order chi connectivity index (χ1) is 20.9. The Balaban J connectivity index is 1.10. The maximum Gasteiger partial charge on any atom is 0.355 e. The third-order valence-electron chi connectivity index (χ3n) is 7.91. The lowest BCUT2D eigenvalue weighted by atomic mass is 9.89. The SMILES string of the molecule is CC(=O)OCC1=C(C(=O)OC(C)(C)C)N2C(=O)C(CC(=O)COc3ccc4c(c3)CCc3c-4[nH]c4ccc(F)cc34)C2SC1. The number of carbonyl (C=O) groups is 4. The first-order valence-electron chi connectivity index (χ1n) is 14.5. The van der Waals surface area contributed by atoms with Gasteiger partial charge in [0.05, 0.1) is 11.3 Å². The van der Waals surface area contributed by atoms with Crippen molar-refractivity contribution in [2.75, 3.05) is 19.0 Å². The molecule has 0 bridgehead atoms. The molecular weight excluding hydrogens is 587 g/mol. The number of ether oxygens (including phenoxy) is 3. The summed E-state index contributed by atoms with van der Waals surface area (Å²) in [6.45, 7) is 6.16. The molecule has 230 valence electrons. The van der Waals surface area contributed by atoms with Gasteiger partial charge >= 0.3 is 11.9 Å². The number of aryl methyl sites for hydroxylation is 2. The number of rotatable bonds is 8. The number of amides is 1. The standard InChI is InChI=1S/C33H33FN2O7S/c1-17(37)41-14-19-16-44-31-26(30(39)36(31)29(19)32(40)43-33(2,3)4)13-21(38)15-42-22-7-9-23-18(11-22)5-8-24-25-12-20(34)6-10-27(25)35-28(23)24/h6-7,9-12,26,31,35H,5,8,13-16H2,1-4H3. The van der Waals surface area contributed by atoms with Crippen LogP contribution in [-0.4, -0.2) is 63.5 Å². The molecule has 0 spiro atoms. The van der Waals surface area contributed by atoms with Crippen LogP contribution in [0.15, 0.2) is 47.7 Å². The van der Waals surface area contributed by atoms with Crippen LogP contribution in [0.4, 0.5) is 4.39 Å². The lowest BCUT2D eigenvalue weighted by Crippen LogP contribution is -2.62. The fourth-order valence-electron chi connectivity index (χ4n) is 5.98. The average molecular weight is 621 g/mol. The predicted octanol–water partition coefficient (Wildman–Crippen LogP) is 5.10. The van der Waals surface area contributed by atoms with E-state index in [1.807, 2.05) is 18.2 Å². The van der Waals surface area contributed by atoms with Crippen molar-refractivity contribution < 1.29 is 37.8 Å². The van der Waals surface area contributed by atoms with Gasteiger partial charge in [0.25, 0.3) is 0 Å². The molecule has 0 radical (unpaired) electrons. The second kappa shape index (κ2) is 11.4.